The summed E-state index contributed by atoms with van der Waals surface area (Å²) in [5.41, 5.74) is 3.23. The number of rotatable bonds is 8. The van der Waals surface area contributed by atoms with E-state index in [2.05, 4.69) is 10.3 Å². The summed E-state index contributed by atoms with van der Waals surface area (Å²) in [6.45, 7) is -0.329. The van der Waals surface area contributed by atoms with Gasteiger partial charge in [-0.3, -0.25) is 14.1 Å². The number of methoxy groups -OCH3 is 1. The lowest BCUT2D eigenvalue weighted by Crippen LogP contribution is -2.37. The zero-order chi connectivity index (χ0) is 21.6. The molecule has 3 rings (SSSR count). The van der Waals surface area contributed by atoms with Crippen molar-refractivity contribution in [3.05, 3.63) is 84.2 Å². The number of benzene rings is 2. The van der Waals surface area contributed by atoms with Crippen molar-refractivity contribution < 1.29 is 17.9 Å². The van der Waals surface area contributed by atoms with E-state index < -0.39 is 15.9 Å². The molecule has 0 aliphatic rings. The Kier molecular flexibility index (Phi) is 6.68. The molecular formula is C22H23N3O4S. The number of anilines is 2. The van der Waals surface area contributed by atoms with Gasteiger partial charge in [-0.15, -0.1) is 0 Å². The molecule has 1 aromatic heterocycles. The highest BCUT2D eigenvalue weighted by Gasteiger charge is 2.21. The molecular weight excluding hydrogens is 402 g/mol. The Morgan fingerprint density at radius 2 is 1.57 bits per heavy atom. The molecule has 2 aromatic carbocycles. The SMILES string of the molecule is COc1ccc(N(CC(=O)Nc2ccc(Cc3ccncc3)cc2)S(C)(=O)=O)cc1. The van der Waals surface area contributed by atoms with Crippen molar-refractivity contribution >= 4 is 27.3 Å². The van der Waals surface area contributed by atoms with E-state index in [0.717, 1.165) is 28.1 Å². The fraction of sp³-hybridized carbons (Fsp3) is 0.182. The predicted octanol–water partition coefficient (Wildman–Crippen LogP) is 3.09. The second-order valence-corrected chi connectivity index (χ2v) is 8.65. The van der Waals surface area contributed by atoms with Gasteiger partial charge >= 0.3 is 0 Å². The second-order valence-electron chi connectivity index (χ2n) is 6.74. The average Bonchev–Trinajstić information content (AvgIpc) is 2.73. The van der Waals surface area contributed by atoms with Gasteiger partial charge in [0.15, 0.2) is 0 Å². The maximum absolute atomic E-state index is 12.5. The second kappa shape index (κ2) is 9.41. The van der Waals surface area contributed by atoms with Crippen LogP contribution in [0.15, 0.2) is 73.1 Å². The lowest BCUT2D eigenvalue weighted by atomic mass is 10.1. The van der Waals surface area contributed by atoms with Crippen molar-refractivity contribution in [3.8, 4) is 5.75 Å². The fourth-order valence-electron chi connectivity index (χ4n) is 2.92. The van der Waals surface area contributed by atoms with Crippen molar-refractivity contribution in [1.82, 2.24) is 4.98 Å². The van der Waals surface area contributed by atoms with Gasteiger partial charge in [-0.1, -0.05) is 12.1 Å². The van der Waals surface area contributed by atoms with Crippen molar-refractivity contribution in [3.63, 3.8) is 0 Å². The average molecular weight is 426 g/mol. The Labute approximate surface area is 176 Å². The van der Waals surface area contributed by atoms with Crippen LogP contribution in [0.25, 0.3) is 0 Å². The molecule has 0 atom stereocenters. The predicted molar refractivity (Wildman–Crippen MR) is 117 cm³/mol. The van der Waals surface area contributed by atoms with Crippen molar-refractivity contribution in [2.24, 2.45) is 0 Å². The standard InChI is InChI=1S/C22H23N3O4S/c1-29-21-9-7-20(8-10-21)25(30(2,27)28)16-22(26)24-19-5-3-17(4-6-19)15-18-11-13-23-14-12-18/h3-14H,15-16H2,1-2H3,(H,24,26). The number of carbonyl (C=O) groups is 1. The number of aromatic nitrogens is 1. The molecule has 1 amide bonds. The van der Waals surface area contributed by atoms with E-state index in [0.29, 0.717) is 17.1 Å². The van der Waals surface area contributed by atoms with Crippen LogP contribution in [0, 0.1) is 0 Å². The van der Waals surface area contributed by atoms with Gasteiger partial charge in [-0.2, -0.15) is 0 Å². The molecule has 0 bridgehead atoms. The van der Waals surface area contributed by atoms with Crippen molar-refractivity contribution in [1.29, 1.82) is 0 Å². The van der Waals surface area contributed by atoms with E-state index in [1.165, 1.54) is 7.11 Å². The summed E-state index contributed by atoms with van der Waals surface area (Å²) in [6, 6.07) is 17.8. The van der Waals surface area contributed by atoms with Gasteiger partial charge in [0.25, 0.3) is 0 Å². The number of carbonyl (C=O) groups excluding carboxylic acids is 1. The van der Waals surface area contributed by atoms with E-state index in [1.807, 2.05) is 24.3 Å². The smallest absolute Gasteiger partial charge is 0.245 e. The minimum absolute atomic E-state index is 0.329. The van der Waals surface area contributed by atoms with E-state index >= 15 is 0 Å². The maximum Gasteiger partial charge on any atom is 0.245 e. The minimum atomic E-state index is -3.64. The van der Waals surface area contributed by atoms with Gasteiger partial charge in [-0.05, 0) is 66.1 Å². The van der Waals surface area contributed by atoms with Gasteiger partial charge in [-0.25, -0.2) is 8.42 Å². The van der Waals surface area contributed by atoms with E-state index in [9.17, 15) is 13.2 Å². The summed E-state index contributed by atoms with van der Waals surface area (Å²) in [7, 11) is -2.11. The molecule has 7 nitrogen and oxygen atoms in total. The monoisotopic (exact) mass is 425 g/mol. The summed E-state index contributed by atoms with van der Waals surface area (Å²) in [4.78, 5) is 16.5. The van der Waals surface area contributed by atoms with Crippen molar-refractivity contribution in [2.75, 3.05) is 29.5 Å². The number of hydrogen-bond donors (Lipinski definition) is 1. The lowest BCUT2D eigenvalue weighted by Gasteiger charge is -2.22. The van der Waals surface area contributed by atoms with Crippen LogP contribution in [0.4, 0.5) is 11.4 Å². The van der Waals surface area contributed by atoms with E-state index in [1.54, 1.807) is 48.8 Å². The van der Waals surface area contributed by atoms with Gasteiger partial charge in [0.05, 0.1) is 19.1 Å². The normalized spacial score (nSPS) is 11.0. The molecule has 0 saturated heterocycles. The number of hydrogen-bond acceptors (Lipinski definition) is 5. The highest BCUT2D eigenvalue weighted by molar-refractivity contribution is 7.92. The topological polar surface area (TPSA) is 88.6 Å². The summed E-state index contributed by atoms with van der Waals surface area (Å²) in [5, 5.41) is 2.75. The Morgan fingerprint density at radius 1 is 0.967 bits per heavy atom. The van der Waals surface area contributed by atoms with Gasteiger partial charge in [0.1, 0.15) is 12.3 Å². The Balaban J connectivity index is 1.66. The number of nitrogens with one attached hydrogen (secondary N) is 1. The molecule has 0 radical (unpaired) electrons. The molecule has 0 saturated carbocycles. The molecule has 0 spiro atoms. The third-order valence-corrected chi connectivity index (χ3v) is 5.58. The molecule has 3 aromatic rings. The van der Waals surface area contributed by atoms with Crippen LogP contribution in [-0.4, -0.2) is 39.2 Å². The van der Waals surface area contributed by atoms with Crippen LogP contribution < -0.4 is 14.4 Å². The number of sulfonamides is 1. The molecule has 0 unspecified atom stereocenters. The first-order chi connectivity index (χ1) is 14.3. The van der Waals surface area contributed by atoms with E-state index in [-0.39, 0.29) is 6.54 Å². The zero-order valence-electron chi connectivity index (χ0n) is 16.8. The molecule has 1 heterocycles. The van der Waals surface area contributed by atoms with Gasteiger partial charge < -0.3 is 10.1 Å². The maximum atomic E-state index is 12.5. The number of nitrogens with zero attached hydrogens (tertiary/aromatic N) is 2. The number of pyridine rings is 1. The highest BCUT2D eigenvalue weighted by Crippen LogP contribution is 2.21. The Hall–Kier alpha value is -3.39. The third-order valence-electron chi connectivity index (χ3n) is 4.44. The Bertz CT molecular complexity index is 1080. The quantitative estimate of drug-likeness (QED) is 0.599. The third kappa shape index (κ3) is 5.81. The van der Waals surface area contributed by atoms with Crippen LogP contribution in [0.2, 0.25) is 0 Å². The molecule has 0 aliphatic carbocycles. The van der Waals surface area contributed by atoms with Crippen LogP contribution in [0.5, 0.6) is 5.75 Å². The van der Waals surface area contributed by atoms with Crippen LogP contribution in [-0.2, 0) is 21.2 Å². The minimum Gasteiger partial charge on any atom is -0.497 e. The largest absolute Gasteiger partial charge is 0.497 e. The first-order valence-electron chi connectivity index (χ1n) is 9.24. The fourth-order valence-corrected chi connectivity index (χ4v) is 3.78. The van der Waals surface area contributed by atoms with Crippen LogP contribution in [0.1, 0.15) is 11.1 Å². The molecule has 0 aliphatic heterocycles. The van der Waals surface area contributed by atoms with Crippen LogP contribution >= 0.6 is 0 Å². The first kappa shape index (κ1) is 21.3. The summed E-state index contributed by atoms with van der Waals surface area (Å²) >= 11 is 0. The summed E-state index contributed by atoms with van der Waals surface area (Å²) in [6.07, 6.45) is 5.33. The van der Waals surface area contributed by atoms with Gasteiger partial charge in [0, 0.05) is 18.1 Å². The highest BCUT2D eigenvalue weighted by atomic mass is 32.2. The molecule has 0 fully saturated rings. The number of ether oxygens (including phenoxy) is 1. The lowest BCUT2D eigenvalue weighted by molar-refractivity contribution is -0.114. The summed E-state index contributed by atoms with van der Waals surface area (Å²) < 4.78 is 30.6. The Morgan fingerprint density at radius 3 is 2.13 bits per heavy atom. The molecule has 8 heteroatoms. The summed E-state index contributed by atoms with van der Waals surface area (Å²) in [5.74, 6) is 0.168. The van der Waals surface area contributed by atoms with Crippen molar-refractivity contribution in [2.45, 2.75) is 6.42 Å². The molecule has 30 heavy (non-hydrogen) atoms. The molecule has 1 N–H and O–H groups in total. The number of amides is 1. The van der Waals surface area contributed by atoms with E-state index in [4.69, 9.17) is 4.74 Å². The van der Waals surface area contributed by atoms with Crippen LogP contribution in [0.3, 0.4) is 0 Å². The van der Waals surface area contributed by atoms with Gasteiger partial charge in [0.2, 0.25) is 15.9 Å². The first-order valence-corrected chi connectivity index (χ1v) is 11.1. The molecule has 156 valence electrons. The zero-order valence-corrected chi connectivity index (χ0v) is 17.6.